The van der Waals surface area contributed by atoms with Gasteiger partial charge in [0.15, 0.2) is 16.4 Å². The average molecular weight is 394 g/mol. The molecule has 1 aliphatic heterocycles. The number of primary sulfonamides is 1. The number of carbonyl (C=O) groups is 2. The van der Waals surface area contributed by atoms with Crippen molar-refractivity contribution in [2.24, 2.45) is 10.2 Å². The number of Topliss-reactive ketones (excluding diaryl/α,β-unsaturated/α-hetero) is 1. The zero-order valence-corrected chi connectivity index (χ0v) is 15.4. The van der Waals surface area contributed by atoms with Gasteiger partial charge < -0.3 is 4.74 Å². The number of nitrogens with zero attached hydrogens (tertiary/aromatic N) is 3. The molecule has 0 amide bonds. The van der Waals surface area contributed by atoms with Crippen molar-refractivity contribution >= 4 is 44.3 Å². The van der Waals surface area contributed by atoms with Crippen molar-refractivity contribution in [3.8, 4) is 6.07 Å². The van der Waals surface area contributed by atoms with E-state index in [0.717, 1.165) is 11.8 Å². The number of sulfonamides is 1. The Morgan fingerprint density at radius 2 is 1.96 bits per heavy atom. The Morgan fingerprint density at radius 3 is 2.42 bits per heavy atom. The van der Waals surface area contributed by atoms with Gasteiger partial charge in [-0.25, -0.2) is 23.4 Å². The highest BCUT2D eigenvalue weighted by Crippen LogP contribution is 2.37. The number of nitrogens with two attached hydrogens (primary N) is 1. The van der Waals surface area contributed by atoms with E-state index in [4.69, 9.17) is 9.88 Å². The van der Waals surface area contributed by atoms with Crippen LogP contribution in [0.15, 0.2) is 44.9 Å². The molecule has 26 heavy (non-hydrogen) atoms. The molecular weight excluding hydrogens is 380 g/mol. The Kier molecular flexibility index (Phi) is 5.81. The van der Waals surface area contributed by atoms with Crippen LogP contribution in [0.5, 0.6) is 0 Å². The summed E-state index contributed by atoms with van der Waals surface area (Å²) in [6, 6.07) is 7.07. The highest BCUT2D eigenvalue weighted by atomic mass is 32.2. The van der Waals surface area contributed by atoms with Gasteiger partial charge >= 0.3 is 5.97 Å². The van der Waals surface area contributed by atoms with Crippen LogP contribution in [-0.4, -0.2) is 31.8 Å². The lowest BCUT2D eigenvalue weighted by Gasteiger charge is -2.16. The van der Waals surface area contributed by atoms with Crippen molar-refractivity contribution < 1.29 is 22.7 Å². The van der Waals surface area contributed by atoms with E-state index in [0.29, 0.717) is 5.69 Å². The number of ether oxygens (including phenoxy) is 1. The molecule has 0 aromatic heterocycles. The average Bonchev–Trinajstić information content (AvgIpc) is 3.00. The van der Waals surface area contributed by atoms with E-state index in [1.165, 1.54) is 36.2 Å². The minimum atomic E-state index is -3.87. The Bertz CT molecular complexity index is 959. The first-order chi connectivity index (χ1) is 12.2. The van der Waals surface area contributed by atoms with Crippen LogP contribution in [0.4, 0.5) is 5.69 Å². The van der Waals surface area contributed by atoms with E-state index in [1.54, 1.807) is 13.0 Å². The minimum Gasteiger partial charge on any atom is -0.462 e. The zero-order valence-electron chi connectivity index (χ0n) is 13.8. The summed E-state index contributed by atoms with van der Waals surface area (Å²) in [4.78, 5) is 23.6. The second kappa shape index (κ2) is 7.69. The molecule has 1 aromatic carbocycles. The van der Waals surface area contributed by atoms with E-state index >= 15 is 0 Å². The van der Waals surface area contributed by atoms with Crippen molar-refractivity contribution in [3.05, 3.63) is 34.9 Å². The first kappa shape index (κ1) is 19.6. The van der Waals surface area contributed by atoms with Crippen LogP contribution < -0.4 is 10.1 Å². The van der Waals surface area contributed by atoms with Gasteiger partial charge in [0.25, 0.3) is 0 Å². The van der Waals surface area contributed by atoms with Gasteiger partial charge in [-0.15, -0.1) is 0 Å². The molecule has 2 rings (SSSR count). The number of nitriles is 1. The molecule has 0 atom stereocenters. The maximum atomic E-state index is 12.0. The van der Waals surface area contributed by atoms with Crippen LogP contribution in [0, 0.1) is 11.3 Å². The summed E-state index contributed by atoms with van der Waals surface area (Å²) in [7, 11) is -3.87. The highest BCUT2D eigenvalue weighted by molar-refractivity contribution is 8.19. The SMILES string of the molecule is CCOC(=O)/C(C#N)=C1\SC(C(C)=O)=NN1c1ccc(S(N)(=O)=O)cc1. The monoisotopic (exact) mass is 394 g/mol. The first-order valence-corrected chi connectivity index (χ1v) is 9.57. The van der Waals surface area contributed by atoms with Crippen LogP contribution in [0.1, 0.15) is 13.8 Å². The number of carbonyl (C=O) groups excluding carboxylic acids is 2. The van der Waals surface area contributed by atoms with E-state index in [1.807, 2.05) is 0 Å². The number of esters is 1. The molecule has 0 aliphatic carbocycles. The number of rotatable bonds is 5. The molecule has 2 N–H and O–H groups in total. The molecule has 9 nitrogen and oxygen atoms in total. The van der Waals surface area contributed by atoms with E-state index in [-0.39, 0.29) is 32.9 Å². The Hall–Kier alpha value is -2.68. The summed E-state index contributed by atoms with van der Waals surface area (Å²) in [5.41, 5.74) is 0.0283. The van der Waals surface area contributed by atoms with Crippen molar-refractivity contribution in [2.75, 3.05) is 11.6 Å². The molecule has 0 saturated carbocycles. The van der Waals surface area contributed by atoms with Crippen molar-refractivity contribution in [1.82, 2.24) is 0 Å². The fourth-order valence-corrected chi connectivity index (χ4v) is 3.36. The van der Waals surface area contributed by atoms with Crippen LogP contribution >= 0.6 is 11.8 Å². The fourth-order valence-electron chi connectivity index (χ4n) is 1.93. The predicted molar refractivity (Wildman–Crippen MR) is 95.3 cm³/mol. The van der Waals surface area contributed by atoms with Gasteiger partial charge in [0.05, 0.1) is 17.2 Å². The molecule has 0 radical (unpaired) electrons. The standard InChI is InChI=1S/C15H14N4O5S2/c1-3-24-15(21)12(8-16)14-19(18-13(25-14)9(2)20)10-4-6-11(7-5-10)26(17,22)23/h4-7H,3H2,1-2H3,(H2,17,22,23)/b14-12-. The van der Waals surface area contributed by atoms with Gasteiger partial charge in [-0.1, -0.05) is 0 Å². The second-order valence-corrected chi connectivity index (χ2v) is 7.47. The highest BCUT2D eigenvalue weighted by Gasteiger charge is 2.32. The summed E-state index contributed by atoms with van der Waals surface area (Å²) >= 11 is 0.858. The zero-order chi connectivity index (χ0) is 19.5. The van der Waals surface area contributed by atoms with Crippen molar-refractivity contribution in [3.63, 3.8) is 0 Å². The first-order valence-electron chi connectivity index (χ1n) is 7.21. The van der Waals surface area contributed by atoms with Crippen LogP contribution in [0.25, 0.3) is 0 Å². The maximum absolute atomic E-state index is 12.0. The molecule has 0 bridgehead atoms. The Balaban J connectivity index is 2.55. The second-order valence-electron chi connectivity index (χ2n) is 4.93. The van der Waals surface area contributed by atoms with E-state index in [9.17, 15) is 23.3 Å². The van der Waals surface area contributed by atoms with Gasteiger partial charge in [-0.3, -0.25) is 4.79 Å². The number of hydrogen-bond acceptors (Lipinski definition) is 9. The van der Waals surface area contributed by atoms with Crippen LogP contribution in [-0.2, 0) is 24.3 Å². The van der Waals surface area contributed by atoms with Crippen LogP contribution in [0.3, 0.4) is 0 Å². The van der Waals surface area contributed by atoms with Crippen LogP contribution in [0.2, 0.25) is 0 Å². The maximum Gasteiger partial charge on any atom is 0.351 e. The molecule has 0 saturated heterocycles. The van der Waals surface area contributed by atoms with E-state index < -0.39 is 16.0 Å². The minimum absolute atomic E-state index is 0.0748. The van der Waals surface area contributed by atoms with Gasteiger partial charge in [0.1, 0.15) is 11.1 Å². The van der Waals surface area contributed by atoms with Crippen molar-refractivity contribution in [1.29, 1.82) is 5.26 Å². The lowest BCUT2D eigenvalue weighted by Crippen LogP contribution is -2.17. The molecule has 1 aliphatic rings. The van der Waals surface area contributed by atoms with Gasteiger partial charge in [-0.2, -0.15) is 10.4 Å². The summed E-state index contributed by atoms with van der Waals surface area (Å²) < 4.78 is 27.6. The molecule has 136 valence electrons. The molecule has 11 heteroatoms. The normalized spacial score (nSPS) is 15.9. The molecular formula is C15H14N4O5S2. The number of thioether (sulfide) groups is 1. The Labute approximate surface area is 154 Å². The Morgan fingerprint density at radius 1 is 1.35 bits per heavy atom. The lowest BCUT2D eigenvalue weighted by molar-refractivity contribution is -0.138. The topological polar surface area (TPSA) is 143 Å². The quantitative estimate of drug-likeness (QED) is 0.444. The largest absolute Gasteiger partial charge is 0.462 e. The molecule has 1 heterocycles. The van der Waals surface area contributed by atoms with Gasteiger partial charge in [0, 0.05) is 6.92 Å². The number of ketones is 1. The summed E-state index contributed by atoms with van der Waals surface area (Å²) in [6.45, 7) is 2.97. The molecule has 0 unspecified atom stereocenters. The molecule has 0 spiro atoms. The van der Waals surface area contributed by atoms with Crippen molar-refractivity contribution in [2.45, 2.75) is 18.7 Å². The van der Waals surface area contributed by atoms with Gasteiger partial charge in [-0.05, 0) is 43.0 Å². The third kappa shape index (κ3) is 4.10. The van der Waals surface area contributed by atoms with E-state index in [2.05, 4.69) is 5.10 Å². The number of benzene rings is 1. The smallest absolute Gasteiger partial charge is 0.351 e. The fraction of sp³-hybridized carbons (Fsp3) is 0.200. The number of hydrazone groups is 1. The number of hydrogen-bond donors (Lipinski definition) is 1. The lowest BCUT2D eigenvalue weighted by atomic mass is 10.3. The molecule has 0 fully saturated rings. The third-order valence-electron chi connectivity index (χ3n) is 3.09. The van der Waals surface area contributed by atoms with Gasteiger partial charge in [0.2, 0.25) is 10.0 Å². The summed E-state index contributed by atoms with van der Waals surface area (Å²) in [5, 5.41) is 19.9. The third-order valence-corrected chi connectivity index (χ3v) is 5.15. The summed E-state index contributed by atoms with van der Waals surface area (Å²) in [5.74, 6) is -1.19. The predicted octanol–water partition coefficient (Wildman–Crippen LogP) is 1.09. The number of anilines is 1. The summed E-state index contributed by atoms with van der Waals surface area (Å²) in [6.07, 6.45) is 0. The molecule has 1 aromatic rings.